The molecule has 3 aromatic rings. The molecule has 1 saturated heterocycles. The lowest BCUT2D eigenvalue weighted by atomic mass is 10.0. The lowest BCUT2D eigenvalue weighted by molar-refractivity contribution is 0.148. The number of nitrogens with zero attached hydrogens (tertiary/aromatic N) is 5. The normalized spacial score (nSPS) is 17.5. The third-order valence-electron chi connectivity index (χ3n) is 5.61. The average Bonchev–Trinajstić information content (AvgIpc) is 2.75. The number of anilines is 1. The lowest BCUT2D eigenvalue weighted by Crippen LogP contribution is -2.46. The monoisotopic (exact) mass is 394 g/mol. The van der Waals surface area contributed by atoms with E-state index < -0.39 is 0 Å². The molecule has 1 atom stereocenters. The van der Waals surface area contributed by atoms with Crippen molar-refractivity contribution in [2.24, 2.45) is 7.05 Å². The molecule has 8 heteroatoms. The van der Waals surface area contributed by atoms with Gasteiger partial charge < -0.3 is 5.32 Å². The van der Waals surface area contributed by atoms with Crippen molar-refractivity contribution >= 4 is 16.9 Å². The molecule has 29 heavy (non-hydrogen) atoms. The third kappa shape index (κ3) is 4.22. The number of likely N-dealkylation sites (tertiary alicyclic amines) is 1. The van der Waals surface area contributed by atoms with Crippen molar-refractivity contribution < 1.29 is 0 Å². The maximum absolute atomic E-state index is 12.6. The SMILES string of the molecule is Cn1c(NCC2CCCCN2CCn2ncccc2=O)nc2ccccc2c1=O. The number of nitrogens with one attached hydrogen (secondary N) is 1. The molecule has 2 aromatic heterocycles. The zero-order valence-corrected chi connectivity index (χ0v) is 16.6. The minimum atomic E-state index is -0.0745. The topological polar surface area (TPSA) is 85.1 Å². The molecule has 1 fully saturated rings. The highest BCUT2D eigenvalue weighted by molar-refractivity contribution is 5.78. The van der Waals surface area contributed by atoms with Crippen LogP contribution in [0.3, 0.4) is 0 Å². The van der Waals surface area contributed by atoms with Gasteiger partial charge in [-0.3, -0.25) is 19.1 Å². The molecule has 0 bridgehead atoms. The number of aromatic nitrogens is 4. The molecule has 0 spiro atoms. The molecule has 152 valence electrons. The molecule has 0 amide bonds. The van der Waals surface area contributed by atoms with Crippen LogP contribution in [-0.2, 0) is 13.6 Å². The fraction of sp³-hybridized carbons (Fsp3) is 0.429. The molecular weight excluding hydrogens is 368 g/mol. The second kappa shape index (κ2) is 8.57. The Bertz CT molecular complexity index is 1110. The Morgan fingerprint density at radius 1 is 1.10 bits per heavy atom. The predicted molar refractivity (Wildman–Crippen MR) is 113 cm³/mol. The maximum Gasteiger partial charge on any atom is 0.266 e. The lowest BCUT2D eigenvalue weighted by Gasteiger charge is -2.36. The van der Waals surface area contributed by atoms with Gasteiger partial charge in [-0.2, -0.15) is 5.10 Å². The molecule has 1 unspecified atom stereocenters. The first-order valence-electron chi connectivity index (χ1n) is 10.1. The van der Waals surface area contributed by atoms with E-state index in [0.29, 0.717) is 36.0 Å². The van der Waals surface area contributed by atoms with Crippen LogP contribution in [0, 0.1) is 0 Å². The fourth-order valence-corrected chi connectivity index (χ4v) is 3.95. The van der Waals surface area contributed by atoms with Crippen LogP contribution in [0.1, 0.15) is 19.3 Å². The molecule has 1 aliphatic heterocycles. The van der Waals surface area contributed by atoms with E-state index >= 15 is 0 Å². The molecule has 4 rings (SSSR count). The predicted octanol–water partition coefficient (Wildman–Crippen LogP) is 1.46. The van der Waals surface area contributed by atoms with Crippen molar-refractivity contribution in [1.29, 1.82) is 0 Å². The van der Waals surface area contributed by atoms with Crippen molar-refractivity contribution in [2.75, 3.05) is 25.0 Å². The van der Waals surface area contributed by atoms with Crippen LogP contribution >= 0.6 is 0 Å². The summed E-state index contributed by atoms with van der Waals surface area (Å²) in [5, 5.41) is 8.15. The largest absolute Gasteiger partial charge is 0.354 e. The van der Waals surface area contributed by atoms with E-state index in [-0.39, 0.29) is 11.1 Å². The van der Waals surface area contributed by atoms with E-state index in [2.05, 4.69) is 20.3 Å². The van der Waals surface area contributed by atoms with Gasteiger partial charge in [0, 0.05) is 38.4 Å². The second-order valence-corrected chi connectivity index (χ2v) is 7.47. The zero-order valence-electron chi connectivity index (χ0n) is 16.6. The molecule has 0 aliphatic carbocycles. The van der Waals surface area contributed by atoms with Crippen LogP contribution in [0.4, 0.5) is 5.95 Å². The van der Waals surface area contributed by atoms with E-state index in [0.717, 1.165) is 25.9 Å². The van der Waals surface area contributed by atoms with Gasteiger partial charge in [0.05, 0.1) is 17.4 Å². The van der Waals surface area contributed by atoms with Gasteiger partial charge in [0.25, 0.3) is 11.1 Å². The molecule has 0 saturated carbocycles. The summed E-state index contributed by atoms with van der Waals surface area (Å²) in [6.07, 6.45) is 5.05. The van der Waals surface area contributed by atoms with Crippen molar-refractivity contribution in [1.82, 2.24) is 24.2 Å². The first kappa shape index (κ1) is 19.3. The number of piperidine rings is 1. The zero-order chi connectivity index (χ0) is 20.2. The summed E-state index contributed by atoms with van der Waals surface area (Å²) in [4.78, 5) is 31.5. The first-order valence-corrected chi connectivity index (χ1v) is 10.1. The van der Waals surface area contributed by atoms with E-state index in [1.807, 2.05) is 18.2 Å². The number of rotatable bonds is 6. The average molecular weight is 394 g/mol. The minimum Gasteiger partial charge on any atom is -0.354 e. The Hall–Kier alpha value is -3.00. The van der Waals surface area contributed by atoms with Crippen LogP contribution in [0.2, 0.25) is 0 Å². The smallest absolute Gasteiger partial charge is 0.266 e. The summed E-state index contributed by atoms with van der Waals surface area (Å²) in [5.74, 6) is 0.583. The highest BCUT2D eigenvalue weighted by Gasteiger charge is 2.22. The van der Waals surface area contributed by atoms with Crippen LogP contribution < -0.4 is 16.4 Å². The van der Waals surface area contributed by atoms with Crippen LogP contribution in [0.5, 0.6) is 0 Å². The Labute approximate surface area is 168 Å². The molecule has 1 aliphatic rings. The Balaban J connectivity index is 1.45. The molecule has 0 radical (unpaired) electrons. The number of fused-ring (bicyclic) bond motifs is 1. The van der Waals surface area contributed by atoms with Gasteiger partial charge >= 0.3 is 0 Å². The van der Waals surface area contributed by atoms with Gasteiger partial charge in [-0.25, -0.2) is 9.67 Å². The highest BCUT2D eigenvalue weighted by Crippen LogP contribution is 2.18. The molecule has 3 heterocycles. The van der Waals surface area contributed by atoms with E-state index in [1.165, 1.54) is 17.2 Å². The molecule has 1 N–H and O–H groups in total. The summed E-state index contributed by atoms with van der Waals surface area (Å²) >= 11 is 0. The molecular formula is C21H26N6O2. The Morgan fingerprint density at radius 2 is 1.97 bits per heavy atom. The standard InChI is InChI=1S/C21H26N6O2/c1-25-20(29)17-8-2-3-9-18(17)24-21(25)22-15-16-7-4-5-12-26(16)13-14-27-19(28)10-6-11-23-27/h2-3,6,8-11,16H,4-5,7,12-15H2,1H3,(H,22,24). The first-order chi connectivity index (χ1) is 14.1. The maximum atomic E-state index is 12.6. The quantitative estimate of drug-likeness (QED) is 0.681. The van der Waals surface area contributed by atoms with Gasteiger partial charge in [-0.15, -0.1) is 0 Å². The summed E-state index contributed by atoms with van der Waals surface area (Å²) in [6, 6.07) is 10.9. The van der Waals surface area contributed by atoms with Crippen LogP contribution in [-0.4, -0.2) is 49.9 Å². The van der Waals surface area contributed by atoms with Crippen molar-refractivity contribution in [3.63, 3.8) is 0 Å². The van der Waals surface area contributed by atoms with Crippen LogP contribution in [0.15, 0.2) is 52.2 Å². The van der Waals surface area contributed by atoms with Crippen molar-refractivity contribution in [3.8, 4) is 0 Å². The van der Waals surface area contributed by atoms with Crippen molar-refractivity contribution in [3.05, 3.63) is 63.3 Å². The molecule has 8 nitrogen and oxygen atoms in total. The number of para-hydroxylation sites is 1. The summed E-state index contributed by atoms with van der Waals surface area (Å²) in [7, 11) is 1.75. The summed E-state index contributed by atoms with van der Waals surface area (Å²) in [6.45, 7) is 3.05. The third-order valence-corrected chi connectivity index (χ3v) is 5.61. The Morgan fingerprint density at radius 3 is 2.83 bits per heavy atom. The van der Waals surface area contributed by atoms with E-state index in [1.54, 1.807) is 29.9 Å². The summed E-state index contributed by atoms with van der Waals surface area (Å²) in [5.41, 5.74) is 0.579. The van der Waals surface area contributed by atoms with E-state index in [4.69, 9.17) is 0 Å². The number of hydrogen-bond acceptors (Lipinski definition) is 6. The summed E-state index contributed by atoms with van der Waals surface area (Å²) < 4.78 is 3.08. The van der Waals surface area contributed by atoms with Crippen LogP contribution in [0.25, 0.3) is 10.9 Å². The Kier molecular flexibility index (Phi) is 5.71. The molecule has 1 aromatic carbocycles. The van der Waals surface area contributed by atoms with Gasteiger partial charge in [-0.05, 0) is 37.6 Å². The van der Waals surface area contributed by atoms with Gasteiger partial charge in [0.1, 0.15) is 0 Å². The van der Waals surface area contributed by atoms with Gasteiger partial charge in [0.15, 0.2) is 0 Å². The fourth-order valence-electron chi connectivity index (χ4n) is 3.95. The number of benzene rings is 1. The highest BCUT2D eigenvalue weighted by atomic mass is 16.1. The number of hydrogen-bond donors (Lipinski definition) is 1. The van der Waals surface area contributed by atoms with Gasteiger partial charge in [-0.1, -0.05) is 18.6 Å². The van der Waals surface area contributed by atoms with E-state index in [9.17, 15) is 9.59 Å². The van der Waals surface area contributed by atoms with Gasteiger partial charge in [0.2, 0.25) is 5.95 Å². The minimum absolute atomic E-state index is 0.0480. The second-order valence-electron chi connectivity index (χ2n) is 7.47. The van der Waals surface area contributed by atoms with Crippen molar-refractivity contribution in [2.45, 2.75) is 31.8 Å².